The molecule has 2 atom stereocenters. The van der Waals surface area contributed by atoms with Gasteiger partial charge in [0.2, 0.25) is 7.28 Å². The lowest BCUT2D eigenvalue weighted by Crippen LogP contribution is -2.33. The van der Waals surface area contributed by atoms with Crippen molar-refractivity contribution in [2.45, 2.75) is 91.9 Å². The maximum Gasteiger partial charge on any atom is 0.240 e. The zero-order valence-electron chi connectivity index (χ0n) is 20.9. The molecule has 0 amide bonds. The molecule has 0 spiro atoms. The summed E-state index contributed by atoms with van der Waals surface area (Å²) in [4.78, 5) is 0. The quantitative estimate of drug-likeness (QED) is 0.457. The van der Waals surface area contributed by atoms with Crippen LogP contribution in [0.4, 0.5) is 0 Å². The topological polar surface area (TPSA) is 13.1 Å². The van der Waals surface area contributed by atoms with Crippen LogP contribution in [0, 0.1) is 17.8 Å². The fraction of sp³-hybridized carbons (Fsp3) is 0.586. The molecule has 0 aliphatic heterocycles. The molecule has 2 unspecified atom stereocenters. The van der Waals surface area contributed by atoms with Gasteiger partial charge in [0, 0.05) is 5.39 Å². The second-order valence-corrected chi connectivity index (χ2v) is 11.7. The van der Waals surface area contributed by atoms with Gasteiger partial charge in [0.25, 0.3) is 0 Å². The molecule has 2 aliphatic carbocycles. The first-order valence-corrected chi connectivity index (χ1v) is 12.4. The Morgan fingerprint density at radius 2 is 1.65 bits per heavy atom. The Morgan fingerprint density at radius 1 is 1.00 bits per heavy atom. The van der Waals surface area contributed by atoms with Gasteiger partial charge in [0.15, 0.2) is 0 Å². The minimum Gasteiger partial charge on any atom is -0.472 e. The molecule has 1 nitrogen and oxygen atoms in total. The van der Waals surface area contributed by atoms with Gasteiger partial charge in [0.1, 0.15) is 5.58 Å². The van der Waals surface area contributed by atoms with Crippen molar-refractivity contribution in [3.63, 3.8) is 0 Å². The highest BCUT2D eigenvalue weighted by Crippen LogP contribution is 2.47. The Bertz CT molecular complexity index is 977. The Morgan fingerprint density at radius 3 is 2.26 bits per heavy atom. The van der Waals surface area contributed by atoms with Crippen LogP contribution in [0.2, 0.25) is 0 Å². The zero-order valence-corrected chi connectivity index (χ0v) is 20.9. The van der Waals surface area contributed by atoms with Crippen LogP contribution < -0.4 is 5.66 Å². The van der Waals surface area contributed by atoms with Crippen LogP contribution >= 0.6 is 0 Å². The average molecular weight is 415 g/mol. The van der Waals surface area contributed by atoms with Gasteiger partial charge in [-0.15, -0.1) is 0 Å². The van der Waals surface area contributed by atoms with E-state index in [1.165, 1.54) is 41.2 Å². The lowest BCUT2D eigenvalue weighted by atomic mass is 9.62. The van der Waals surface area contributed by atoms with E-state index in [2.05, 4.69) is 93.0 Å². The monoisotopic (exact) mass is 415 g/mol. The van der Waals surface area contributed by atoms with Crippen LogP contribution in [-0.2, 0) is 10.8 Å². The number of furan rings is 1. The maximum absolute atomic E-state index is 6.37. The minimum absolute atomic E-state index is 0.210. The third-order valence-electron chi connectivity index (χ3n) is 8.17. The number of fused-ring (bicyclic) bond motifs is 2. The Labute approximate surface area is 190 Å². The first kappa shape index (κ1) is 22.5. The predicted molar refractivity (Wildman–Crippen MR) is 135 cm³/mol. The first-order chi connectivity index (χ1) is 14.5. The highest BCUT2D eigenvalue weighted by Gasteiger charge is 2.37. The first-order valence-electron chi connectivity index (χ1n) is 12.4. The number of hydrogen-bond acceptors (Lipinski definition) is 1. The predicted octanol–water partition coefficient (Wildman–Crippen LogP) is 7.64. The van der Waals surface area contributed by atoms with Gasteiger partial charge in [-0.1, -0.05) is 78.6 Å². The van der Waals surface area contributed by atoms with E-state index in [9.17, 15) is 0 Å². The van der Waals surface area contributed by atoms with E-state index in [0.29, 0.717) is 17.8 Å². The molecule has 165 valence electrons. The third kappa shape index (κ3) is 4.20. The number of benzene rings is 1. The summed E-state index contributed by atoms with van der Waals surface area (Å²) in [6, 6.07) is 6.96. The third-order valence-corrected chi connectivity index (χ3v) is 8.17. The Hall–Kier alpha value is -1.70. The smallest absolute Gasteiger partial charge is 0.240 e. The van der Waals surface area contributed by atoms with Crippen molar-refractivity contribution in [1.29, 1.82) is 0 Å². The molecule has 0 bridgehead atoms. The molecule has 0 saturated heterocycles. The molecule has 4 rings (SSSR count). The molecular formula is C29H40BO. The molecule has 0 saturated carbocycles. The zero-order chi connectivity index (χ0) is 22.6. The van der Waals surface area contributed by atoms with Gasteiger partial charge in [-0.2, -0.15) is 0 Å². The number of rotatable bonds is 5. The lowest BCUT2D eigenvalue weighted by Gasteiger charge is -2.41. The molecule has 0 fully saturated rings. The molecule has 1 radical (unpaired) electrons. The highest BCUT2D eigenvalue weighted by molar-refractivity contribution is 6.60. The second-order valence-electron chi connectivity index (χ2n) is 11.7. The van der Waals surface area contributed by atoms with E-state index in [4.69, 9.17) is 4.42 Å². The van der Waals surface area contributed by atoms with Crippen LogP contribution in [-0.4, -0.2) is 7.28 Å². The summed E-state index contributed by atoms with van der Waals surface area (Å²) in [5.74, 6) is 1.98. The number of allylic oxidation sites excluding steroid dienone is 4. The van der Waals surface area contributed by atoms with Gasteiger partial charge >= 0.3 is 0 Å². The molecule has 1 heterocycles. The standard InChI is InChI=1S/C29H40BO/c1-9-19(4)23-16-21(10-11-22(23)18(2)3)30-27-15-20-14-24-25(17-26(20)31-27)29(7,8)13-12-28(24,5)6/h10,14-19,22H,9,11-13H2,1-8H3. The normalized spacial score (nSPS) is 23.3. The van der Waals surface area contributed by atoms with Crippen molar-refractivity contribution < 1.29 is 4.42 Å². The van der Waals surface area contributed by atoms with Crippen molar-refractivity contribution in [1.82, 2.24) is 0 Å². The van der Waals surface area contributed by atoms with E-state index < -0.39 is 0 Å². The summed E-state index contributed by atoms with van der Waals surface area (Å²) >= 11 is 0. The van der Waals surface area contributed by atoms with E-state index >= 15 is 0 Å². The van der Waals surface area contributed by atoms with Crippen molar-refractivity contribution in [2.75, 3.05) is 0 Å². The highest BCUT2D eigenvalue weighted by atomic mass is 16.3. The van der Waals surface area contributed by atoms with E-state index in [1.807, 2.05) is 0 Å². The van der Waals surface area contributed by atoms with Crippen molar-refractivity contribution in [3.05, 3.63) is 52.5 Å². The van der Waals surface area contributed by atoms with Crippen LogP contribution in [0.5, 0.6) is 0 Å². The van der Waals surface area contributed by atoms with E-state index in [-0.39, 0.29) is 10.8 Å². The van der Waals surface area contributed by atoms with Gasteiger partial charge in [-0.3, -0.25) is 0 Å². The molecule has 0 N–H and O–H groups in total. The SMILES string of the molecule is CCC(C)C1=CC([B]c2cc3cc4c(cc3o2)C(C)(C)CCC4(C)C)=CCC1C(C)C. The Balaban J connectivity index is 1.67. The summed E-state index contributed by atoms with van der Waals surface area (Å²) in [5.41, 5.74) is 8.32. The fourth-order valence-corrected chi connectivity index (χ4v) is 5.62. The minimum atomic E-state index is 0.210. The second kappa shape index (κ2) is 8.02. The van der Waals surface area contributed by atoms with Gasteiger partial charge in [0.05, 0.1) is 5.66 Å². The molecule has 2 heteroatoms. The van der Waals surface area contributed by atoms with Crippen LogP contribution in [0.15, 0.2) is 45.8 Å². The lowest BCUT2D eigenvalue weighted by molar-refractivity contribution is 0.332. The molecule has 2 aliphatic rings. The largest absolute Gasteiger partial charge is 0.472 e. The van der Waals surface area contributed by atoms with E-state index in [0.717, 1.165) is 17.7 Å². The van der Waals surface area contributed by atoms with Gasteiger partial charge in [-0.05, 0) is 83.6 Å². The fourth-order valence-electron chi connectivity index (χ4n) is 5.62. The summed E-state index contributed by atoms with van der Waals surface area (Å²) < 4.78 is 6.37. The average Bonchev–Trinajstić information content (AvgIpc) is 3.11. The van der Waals surface area contributed by atoms with E-state index in [1.54, 1.807) is 5.57 Å². The van der Waals surface area contributed by atoms with Crippen LogP contribution in [0.25, 0.3) is 11.0 Å². The summed E-state index contributed by atoms with van der Waals surface area (Å²) in [6.07, 6.45) is 9.64. The summed E-state index contributed by atoms with van der Waals surface area (Å²) in [5, 5.41) is 1.23. The maximum atomic E-state index is 6.37. The van der Waals surface area contributed by atoms with Crippen molar-refractivity contribution in [3.8, 4) is 0 Å². The van der Waals surface area contributed by atoms with Crippen molar-refractivity contribution in [2.24, 2.45) is 17.8 Å². The summed E-state index contributed by atoms with van der Waals surface area (Å²) in [7, 11) is 2.24. The number of hydrogen-bond donors (Lipinski definition) is 0. The Kier molecular flexibility index (Phi) is 5.82. The van der Waals surface area contributed by atoms with Crippen LogP contribution in [0.3, 0.4) is 0 Å². The van der Waals surface area contributed by atoms with Gasteiger partial charge in [-0.25, -0.2) is 0 Å². The molecule has 1 aromatic carbocycles. The molecular weight excluding hydrogens is 375 g/mol. The molecule has 1 aromatic heterocycles. The van der Waals surface area contributed by atoms with Gasteiger partial charge < -0.3 is 4.42 Å². The van der Waals surface area contributed by atoms with Crippen molar-refractivity contribution >= 4 is 23.9 Å². The molecule has 2 aromatic rings. The molecule has 31 heavy (non-hydrogen) atoms. The summed E-state index contributed by atoms with van der Waals surface area (Å²) in [6.45, 7) is 18.9. The van der Waals surface area contributed by atoms with Crippen LogP contribution in [0.1, 0.15) is 92.2 Å².